The van der Waals surface area contributed by atoms with Crippen molar-refractivity contribution in [2.24, 2.45) is 0 Å². The van der Waals surface area contributed by atoms with Crippen LogP contribution in [0, 0.1) is 12.1 Å². The number of hydrogen-bond acceptors (Lipinski definition) is 2. The molecule has 0 N–H and O–H groups in total. The zero-order valence-electron chi connectivity index (χ0n) is 4.84. The molecule has 0 fully saturated rings. The van der Waals surface area contributed by atoms with Gasteiger partial charge in [-0.1, -0.05) is 4.85 Å². The fourth-order valence-electron chi connectivity index (χ4n) is 0.491. The summed E-state index contributed by atoms with van der Waals surface area (Å²) in [5.41, 5.74) is 0.587. The van der Waals surface area contributed by atoms with Crippen molar-refractivity contribution < 1.29 is 4.85 Å². The smallest absolute Gasteiger partial charge is 0.219 e. The van der Waals surface area contributed by atoms with Gasteiger partial charge in [-0.3, -0.25) is 0 Å². The number of rotatable bonds is 0. The van der Waals surface area contributed by atoms with Crippen LogP contribution in [0.1, 0.15) is 5.69 Å². The molecule has 0 amide bonds. The minimum atomic E-state index is 0.574. The normalized spacial score (nSPS) is 9.56. The van der Waals surface area contributed by atoms with Gasteiger partial charge in [-0.05, 0) is 15.9 Å². The largest absolute Gasteiger partial charge is 0.594 e. The van der Waals surface area contributed by atoms with Gasteiger partial charge in [0.05, 0.1) is 0 Å². The second-order valence-corrected chi connectivity index (χ2v) is 2.60. The van der Waals surface area contributed by atoms with Gasteiger partial charge in [0.25, 0.3) is 0 Å². The Balaban J connectivity index is 3.17. The Kier molecular flexibility index (Phi) is 1.66. The summed E-state index contributed by atoms with van der Waals surface area (Å²) >= 11 is 3.18. The number of nitrogens with zero attached hydrogens (tertiary/aromatic N) is 2. The molecule has 0 aliphatic rings. The molecule has 9 heavy (non-hydrogen) atoms. The molecule has 1 aromatic rings. The number of halogens is 1. The Morgan fingerprint density at radius 2 is 2.44 bits per heavy atom. The quantitative estimate of drug-likeness (QED) is 0.447. The Bertz CT molecular complexity index is 226. The predicted octanol–water partition coefficient (Wildman–Crippen LogP) is 0.786. The van der Waals surface area contributed by atoms with Crippen LogP contribution in [0.15, 0.2) is 16.7 Å². The summed E-state index contributed by atoms with van der Waals surface area (Å²) in [7, 11) is 0. The van der Waals surface area contributed by atoms with E-state index in [1.165, 1.54) is 6.20 Å². The van der Waals surface area contributed by atoms with Crippen LogP contribution in [0.25, 0.3) is 0 Å². The summed E-state index contributed by atoms with van der Waals surface area (Å²) < 4.78 is 0.826. The molecule has 1 heterocycles. The minimum Gasteiger partial charge on any atom is -0.594 e. The molecule has 0 spiro atoms. The lowest BCUT2D eigenvalue weighted by atomic mass is 10.4. The highest BCUT2D eigenvalue weighted by atomic mass is 79.9. The van der Waals surface area contributed by atoms with Gasteiger partial charge < -0.3 is 5.21 Å². The monoisotopic (exact) mass is 188 g/mol. The fraction of sp³-hybridized carbons (Fsp3) is 0.200. The van der Waals surface area contributed by atoms with E-state index in [0.717, 1.165) is 4.47 Å². The fourth-order valence-corrected chi connectivity index (χ4v) is 0.914. The molecular weight excluding hydrogens is 184 g/mol. The number of hydrogen-bond donors (Lipinski definition) is 0. The summed E-state index contributed by atoms with van der Waals surface area (Å²) in [6.45, 7) is 1.70. The molecule has 0 saturated carbocycles. The second-order valence-electron chi connectivity index (χ2n) is 1.69. The Labute approximate surface area is 61.0 Å². The van der Waals surface area contributed by atoms with E-state index in [1.54, 1.807) is 13.0 Å². The summed E-state index contributed by atoms with van der Waals surface area (Å²) in [5, 5.41) is 14.0. The van der Waals surface area contributed by atoms with Crippen molar-refractivity contribution in [1.82, 2.24) is 5.10 Å². The molecule has 0 saturated heterocycles. The van der Waals surface area contributed by atoms with Gasteiger partial charge in [-0.2, -0.15) is 0 Å². The summed E-state index contributed by atoms with van der Waals surface area (Å²) in [6, 6.07) is 1.71. The van der Waals surface area contributed by atoms with E-state index >= 15 is 0 Å². The first-order valence-corrected chi connectivity index (χ1v) is 3.21. The predicted molar refractivity (Wildman–Crippen MR) is 35.6 cm³/mol. The van der Waals surface area contributed by atoms with Crippen molar-refractivity contribution in [3.8, 4) is 0 Å². The zero-order valence-corrected chi connectivity index (χ0v) is 6.42. The first-order valence-electron chi connectivity index (χ1n) is 2.42. The average molecular weight is 189 g/mol. The van der Waals surface area contributed by atoms with Crippen molar-refractivity contribution in [3.63, 3.8) is 0 Å². The third-order valence-corrected chi connectivity index (χ3v) is 1.37. The molecule has 0 aromatic carbocycles. The lowest BCUT2D eigenvalue weighted by Crippen LogP contribution is -2.33. The van der Waals surface area contributed by atoms with Gasteiger partial charge in [0, 0.05) is 22.6 Å². The molecule has 0 bridgehead atoms. The highest BCUT2D eigenvalue weighted by Gasteiger charge is 1.98. The first kappa shape index (κ1) is 6.48. The highest BCUT2D eigenvalue weighted by molar-refractivity contribution is 9.10. The van der Waals surface area contributed by atoms with E-state index in [4.69, 9.17) is 0 Å². The van der Waals surface area contributed by atoms with Crippen molar-refractivity contribution >= 4 is 15.9 Å². The van der Waals surface area contributed by atoms with Crippen LogP contribution in [-0.2, 0) is 0 Å². The maximum atomic E-state index is 10.6. The third-order valence-electron chi connectivity index (χ3n) is 0.934. The van der Waals surface area contributed by atoms with E-state index in [9.17, 15) is 5.21 Å². The van der Waals surface area contributed by atoms with Gasteiger partial charge in [0.1, 0.15) is 6.20 Å². The zero-order chi connectivity index (χ0) is 6.85. The van der Waals surface area contributed by atoms with Crippen molar-refractivity contribution in [1.29, 1.82) is 0 Å². The van der Waals surface area contributed by atoms with E-state index in [-0.39, 0.29) is 0 Å². The number of aryl methyl sites for hydroxylation is 1. The molecule has 1 rings (SSSR count). The third kappa shape index (κ3) is 1.38. The Morgan fingerprint density at radius 1 is 1.78 bits per heavy atom. The molecule has 0 aliphatic heterocycles. The standard InChI is InChI=1S/C5H5BrN2O/c1-4-2-5(6)3-7-8(4)9/h2-3H,1H3. The van der Waals surface area contributed by atoms with Gasteiger partial charge in [0.2, 0.25) is 5.69 Å². The molecule has 0 unspecified atom stereocenters. The summed E-state index contributed by atoms with van der Waals surface area (Å²) in [4.78, 5) is 0.574. The lowest BCUT2D eigenvalue weighted by molar-refractivity contribution is -0.675. The average Bonchev–Trinajstić information content (AvgIpc) is 1.80. The highest BCUT2D eigenvalue weighted by Crippen LogP contribution is 2.04. The lowest BCUT2D eigenvalue weighted by Gasteiger charge is -1.94. The molecule has 4 heteroatoms. The van der Waals surface area contributed by atoms with Crippen molar-refractivity contribution in [2.75, 3.05) is 0 Å². The van der Waals surface area contributed by atoms with E-state index in [2.05, 4.69) is 21.0 Å². The van der Waals surface area contributed by atoms with Crippen LogP contribution < -0.4 is 4.85 Å². The van der Waals surface area contributed by atoms with Crippen LogP contribution in [0.2, 0.25) is 0 Å². The SMILES string of the molecule is Cc1cc(Br)cn[n+]1[O-]. The van der Waals surface area contributed by atoms with Crippen LogP contribution in [0.3, 0.4) is 0 Å². The Morgan fingerprint density at radius 3 is 2.89 bits per heavy atom. The van der Waals surface area contributed by atoms with Gasteiger partial charge in [-0.15, -0.1) is 0 Å². The molecule has 0 aliphatic carbocycles. The van der Waals surface area contributed by atoms with Gasteiger partial charge in [0.15, 0.2) is 0 Å². The molecule has 0 radical (unpaired) electrons. The topological polar surface area (TPSA) is 39.8 Å². The van der Waals surface area contributed by atoms with E-state index < -0.39 is 0 Å². The summed E-state index contributed by atoms with van der Waals surface area (Å²) in [5.74, 6) is 0. The van der Waals surface area contributed by atoms with Gasteiger partial charge >= 0.3 is 0 Å². The molecule has 3 nitrogen and oxygen atoms in total. The first-order chi connectivity index (χ1) is 4.20. The molecular formula is C5H5BrN2O. The minimum absolute atomic E-state index is 0.574. The maximum Gasteiger partial charge on any atom is 0.219 e. The van der Waals surface area contributed by atoms with E-state index in [1.807, 2.05) is 0 Å². The summed E-state index contributed by atoms with van der Waals surface area (Å²) in [6.07, 6.45) is 1.46. The second kappa shape index (κ2) is 2.31. The molecule has 1 aromatic heterocycles. The molecule has 48 valence electrons. The van der Waals surface area contributed by atoms with Crippen molar-refractivity contribution in [2.45, 2.75) is 6.92 Å². The Hall–Kier alpha value is -0.640. The molecule has 0 atom stereocenters. The van der Waals surface area contributed by atoms with Crippen molar-refractivity contribution in [3.05, 3.63) is 27.6 Å². The van der Waals surface area contributed by atoms with Crippen LogP contribution in [-0.4, -0.2) is 5.10 Å². The van der Waals surface area contributed by atoms with Crippen LogP contribution in [0.4, 0.5) is 0 Å². The van der Waals surface area contributed by atoms with E-state index in [0.29, 0.717) is 10.5 Å². The maximum absolute atomic E-state index is 10.6. The number of aromatic nitrogens is 2. The van der Waals surface area contributed by atoms with Gasteiger partial charge in [-0.25, -0.2) is 0 Å². The van der Waals surface area contributed by atoms with Crippen LogP contribution >= 0.6 is 15.9 Å². The van der Waals surface area contributed by atoms with Crippen LogP contribution in [0.5, 0.6) is 0 Å².